The molecule has 1 amide bonds. The van der Waals surface area contributed by atoms with Crippen molar-refractivity contribution in [1.82, 2.24) is 10.3 Å². The van der Waals surface area contributed by atoms with Crippen LogP contribution in [0.2, 0.25) is 0 Å². The highest BCUT2D eigenvalue weighted by atomic mass is 32.1. The highest BCUT2D eigenvalue weighted by molar-refractivity contribution is 7.09. The molecule has 0 aromatic carbocycles. The summed E-state index contributed by atoms with van der Waals surface area (Å²) in [5.41, 5.74) is 0.226. The van der Waals surface area contributed by atoms with Crippen LogP contribution >= 0.6 is 11.3 Å². The van der Waals surface area contributed by atoms with E-state index in [1.54, 1.807) is 11.3 Å². The summed E-state index contributed by atoms with van der Waals surface area (Å²) >= 11 is 1.62. The zero-order valence-electron chi connectivity index (χ0n) is 11.9. The summed E-state index contributed by atoms with van der Waals surface area (Å²) in [5, 5.41) is 15.4. The van der Waals surface area contributed by atoms with Gasteiger partial charge in [0, 0.05) is 24.0 Å². The summed E-state index contributed by atoms with van der Waals surface area (Å²) in [7, 11) is 0. The topological polar surface area (TPSA) is 65.8 Å². The van der Waals surface area contributed by atoms with Crippen LogP contribution in [0.1, 0.15) is 49.2 Å². The molecule has 0 spiro atoms. The molecule has 0 radical (unpaired) electrons. The smallest absolute Gasteiger partial charge is 0.240 e. The molecule has 0 aliphatic heterocycles. The molecule has 108 valence electrons. The molecule has 1 aromatic heterocycles. The summed E-state index contributed by atoms with van der Waals surface area (Å²) in [6, 6.07) is 2.28. The lowest BCUT2D eigenvalue weighted by Crippen LogP contribution is -2.40. The monoisotopic (exact) mass is 291 g/mol. The lowest BCUT2D eigenvalue weighted by atomic mass is 9.81. The van der Waals surface area contributed by atoms with E-state index in [-0.39, 0.29) is 5.91 Å². The normalized spacial score (nSPS) is 18.0. The molecule has 1 heterocycles. The third kappa shape index (κ3) is 3.57. The van der Waals surface area contributed by atoms with Crippen molar-refractivity contribution in [1.29, 1.82) is 5.26 Å². The fraction of sp³-hybridized carbons (Fsp3) is 0.667. The lowest BCUT2D eigenvalue weighted by Gasteiger charge is -2.23. The molecule has 0 atom stereocenters. The van der Waals surface area contributed by atoms with Crippen molar-refractivity contribution in [2.75, 3.05) is 6.54 Å². The van der Waals surface area contributed by atoms with Crippen molar-refractivity contribution < 1.29 is 4.79 Å². The van der Waals surface area contributed by atoms with Crippen molar-refractivity contribution in [2.24, 2.45) is 5.41 Å². The standard InChI is InChI=1S/C15H21N3OS/c1-12-10-20-13(18-12)6-9-17-14(19)15(11-16)7-4-2-3-5-8-15/h10H,2-9H2,1H3,(H,17,19). The van der Waals surface area contributed by atoms with Crippen LogP contribution in [0.25, 0.3) is 0 Å². The van der Waals surface area contributed by atoms with Crippen molar-refractivity contribution in [3.05, 3.63) is 16.1 Å². The van der Waals surface area contributed by atoms with Gasteiger partial charge in [-0.1, -0.05) is 25.7 Å². The Hall–Kier alpha value is -1.41. The molecule has 1 N–H and O–H groups in total. The minimum atomic E-state index is -0.796. The zero-order valence-corrected chi connectivity index (χ0v) is 12.8. The van der Waals surface area contributed by atoms with Crippen LogP contribution in [0.4, 0.5) is 0 Å². The summed E-state index contributed by atoms with van der Waals surface area (Å²) in [6.45, 7) is 2.53. The first-order valence-electron chi connectivity index (χ1n) is 7.27. The Morgan fingerprint density at radius 2 is 2.15 bits per heavy atom. The number of carbonyl (C=O) groups excluding carboxylic acids is 1. The number of nitrogens with one attached hydrogen (secondary N) is 1. The number of hydrogen-bond donors (Lipinski definition) is 1. The van der Waals surface area contributed by atoms with E-state index >= 15 is 0 Å². The molecule has 1 fully saturated rings. The van der Waals surface area contributed by atoms with Gasteiger partial charge in [-0.15, -0.1) is 11.3 Å². The molecule has 0 unspecified atom stereocenters. The molecular formula is C15H21N3OS. The number of thiazole rings is 1. The number of carbonyl (C=O) groups is 1. The second-order valence-electron chi connectivity index (χ2n) is 5.50. The summed E-state index contributed by atoms with van der Waals surface area (Å²) in [5.74, 6) is -0.0878. The van der Waals surface area contributed by atoms with Crippen molar-refractivity contribution >= 4 is 17.2 Å². The maximum absolute atomic E-state index is 12.3. The maximum atomic E-state index is 12.3. The molecule has 0 bridgehead atoms. The first-order valence-corrected chi connectivity index (χ1v) is 8.15. The molecule has 4 nitrogen and oxygen atoms in total. The van der Waals surface area contributed by atoms with E-state index in [0.29, 0.717) is 19.4 Å². The van der Waals surface area contributed by atoms with Crippen molar-refractivity contribution in [3.63, 3.8) is 0 Å². The molecule has 1 saturated carbocycles. The van der Waals surface area contributed by atoms with Crippen molar-refractivity contribution in [2.45, 2.75) is 51.9 Å². The minimum Gasteiger partial charge on any atom is -0.354 e. The van der Waals surface area contributed by atoms with Crippen LogP contribution in [0, 0.1) is 23.7 Å². The highest BCUT2D eigenvalue weighted by Gasteiger charge is 2.38. The third-order valence-corrected chi connectivity index (χ3v) is 4.92. The highest BCUT2D eigenvalue weighted by Crippen LogP contribution is 2.34. The van der Waals surface area contributed by atoms with Crippen LogP contribution in [0.3, 0.4) is 0 Å². The number of nitrogens with zero attached hydrogens (tertiary/aromatic N) is 2. The van der Waals surface area contributed by atoms with E-state index in [9.17, 15) is 10.1 Å². The second-order valence-corrected chi connectivity index (χ2v) is 6.44. The van der Waals surface area contributed by atoms with Gasteiger partial charge in [0.25, 0.3) is 0 Å². The van der Waals surface area contributed by atoms with Gasteiger partial charge in [-0.2, -0.15) is 5.26 Å². The maximum Gasteiger partial charge on any atom is 0.240 e. The van der Waals surface area contributed by atoms with Gasteiger partial charge in [0.05, 0.1) is 11.1 Å². The van der Waals surface area contributed by atoms with Gasteiger partial charge in [-0.3, -0.25) is 4.79 Å². The first kappa shape index (κ1) is 15.0. The largest absolute Gasteiger partial charge is 0.354 e. The molecule has 0 saturated heterocycles. The molecule has 1 aromatic rings. The van der Waals surface area contributed by atoms with Gasteiger partial charge in [0.2, 0.25) is 5.91 Å². The Morgan fingerprint density at radius 3 is 2.70 bits per heavy atom. The number of hydrogen-bond acceptors (Lipinski definition) is 4. The SMILES string of the molecule is Cc1csc(CCNC(=O)C2(C#N)CCCCCC2)n1. The van der Waals surface area contributed by atoms with Gasteiger partial charge in [0.1, 0.15) is 5.41 Å². The number of rotatable bonds is 4. The third-order valence-electron chi connectivity index (χ3n) is 3.90. The molecule has 1 aliphatic rings. The zero-order chi connectivity index (χ0) is 14.4. The Balaban J connectivity index is 1.87. The fourth-order valence-corrected chi connectivity index (χ4v) is 3.47. The number of amides is 1. The van der Waals surface area contributed by atoms with E-state index in [0.717, 1.165) is 42.8 Å². The van der Waals surface area contributed by atoms with Crippen LogP contribution in [0.15, 0.2) is 5.38 Å². The Kier molecular flexibility index (Phi) is 5.13. The Bertz CT molecular complexity index is 495. The van der Waals surface area contributed by atoms with Crippen molar-refractivity contribution in [3.8, 4) is 6.07 Å². The van der Waals surface area contributed by atoms with E-state index in [1.807, 2.05) is 12.3 Å². The van der Waals surface area contributed by atoms with Gasteiger partial charge in [-0.25, -0.2) is 4.98 Å². The van der Waals surface area contributed by atoms with E-state index in [2.05, 4.69) is 16.4 Å². The van der Waals surface area contributed by atoms with Crippen LogP contribution in [0.5, 0.6) is 0 Å². The molecule has 2 rings (SSSR count). The summed E-state index contributed by atoms with van der Waals surface area (Å²) in [4.78, 5) is 16.7. The van der Waals surface area contributed by atoms with Gasteiger partial charge >= 0.3 is 0 Å². The van der Waals surface area contributed by atoms with Crippen LogP contribution < -0.4 is 5.32 Å². The average Bonchev–Trinajstić information content (AvgIpc) is 2.73. The minimum absolute atomic E-state index is 0.0878. The summed E-state index contributed by atoms with van der Waals surface area (Å²) in [6.07, 6.45) is 6.37. The summed E-state index contributed by atoms with van der Waals surface area (Å²) < 4.78 is 0. The van der Waals surface area contributed by atoms with E-state index in [4.69, 9.17) is 0 Å². The molecule has 20 heavy (non-hydrogen) atoms. The molecule has 5 heteroatoms. The second kappa shape index (κ2) is 6.85. The Labute approximate surface area is 124 Å². The first-order chi connectivity index (χ1) is 9.66. The van der Waals surface area contributed by atoms with Crippen LogP contribution in [-0.2, 0) is 11.2 Å². The number of aromatic nitrogens is 1. The quantitative estimate of drug-likeness (QED) is 0.867. The Morgan fingerprint density at radius 1 is 1.45 bits per heavy atom. The van der Waals surface area contributed by atoms with E-state index in [1.165, 1.54) is 0 Å². The molecular weight excluding hydrogens is 270 g/mol. The van der Waals surface area contributed by atoms with E-state index < -0.39 is 5.41 Å². The van der Waals surface area contributed by atoms with Gasteiger partial charge in [-0.05, 0) is 19.8 Å². The number of aryl methyl sites for hydroxylation is 1. The van der Waals surface area contributed by atoms with Gasteiger partial charge < -0.3 is 5.32 Å². The molecule has 1 aliphatic carbocycles. The van der Waals surface area contributed by atoms with Gasteiger partial charge in [0.15, 0.2) is 0 Å². The predicted molar refractivity (Wildman–Crippen MR) is 79.3 cm³/mol. The fourth-order valence-electron chi connectivity index (χ4n) is 2.69. The van der Waals surface area contributed by atoms with Crippen LogP contribution in [-0.4, -0.2) is 17.4 Å². The number of nitriles is 1. The average molecular weight is 291 g/mol. The lowest BCUT2D eigenvalue weighted by molar-refractivity contribution is -0.128. The predicted octanol–water partition coefficient (Wildman–Crippen LogP) is 2.97.